The molecular formula is C12H18N4. The Morgan fingerprint density at radius 1 is 1.12 bits per heavy atom. The molecule has 0 aromatic carbocycles. The Bertz CT molecular complexity index is 383. The summed E-state index contributed by atoms with van der Waals surface area (Å²) in [4.78, 5) is 9.32. The third-order valence-electron chi connectivity index (χ3n) is 3.53. The van der Waals surface area contributed by atoms with Gasteiger partial charge in [0.15, 0.2) is 0 Å². The van der Waals surface area contributed by atoms with Gasteiger partial charge in [0.25, 0.3) is 0 Å². The minimum atomic E-state index is 0.978. The number of pyridine rings is 1. The van der Waals surface area contributed by atoms with Gasteiger partial charge < -0.3 is 15.1 Å². The van der Waals surface area contributed by atoms with Gasteiger partial charge in [-0.2, -0.15) is 0 Å². The molecule has 0 bridgehead atoms. The van der Waals surface area contributed by atoms with Crippen LogP contribution in [-0.4, -0.2) is 43.1 Å². The van der Waals surface area contributed by atoms with Crippen LogP contribution in [0.2, 0.25) is 0 Å². The monoisotopic (exact) mass is 218 g/mol. The third kappa shape index (κ3) is 1.79. The fourth-order valence-electron chi connectivity index (χ4n) is 2.38. The van der Waals surface area contributed by atoms with E-state index in [2.05, 4.69) is 33.2 Å². The van der Waals surface area contributed by atoms with E-state index in [1.165, 1.54) is 11.1 Å². The quantitative estimate of drug-likeness (QED) is 0.741. The van der Waals surface area contributed by atoms with Crippen molar-refractivity contribution in [3.8, 4) is 0 Å². The van der Waals surface area contributed by atoms with Crippen molar-refractivity contribution in [1.82, 2.24) is 15.2 Å². The van der Waals surface area contributed by atoms with E-state index in [0.29, 0.717) is 0 Å². The smallest absolute Gasteiger partial charge is 0.128 e. The van der Waals surface area contributed by atoms with E-state index in [4.69, 9.17) is 0 Å². The maximum atomic E-state index is 4.57. The van der Waals surface area contributed by atoms with Crippen LogP contribution in [0.1, 0.15) is 11.1 Å². The average Bonchev–Trinajstić information content (AvgIpc) is 2.77. The first-order valence-corrected chi connectivity index (χ1v) is 5.95. The molecule has 2 aliphatic heterocycles. The molecular weight excluding hydrogens is 200 g/mol. The third-order valence-corrected chi connectivity index (χ3v) is 3.53. The minimum Gasteiger partial charge on any atom is -0.354 e. The summed E-state index contributed by atoms with van der Waals surface area (Å²) in [7, 11) is 2.18. The lowest BCUT2D eigenvalue weighted by Crippen LogP contribution is -2.44. The van der Waals surface area contributed by atoms with Gasteiger partial charge in [0.2, 0.25) is 0 Å². The summed E-state index contributed by atoms with van der Waals surface area (Å²) in [5, 5.41) is 3.36. The van der Waals surface area contributed by atoms with Crippen LogP contribution in [0.3, 0.4) is 0 Å². The number of likely N-dealkylation sites (N-methyl/N-ethyl adjacent to an activating group) is 1. The first-order chi connectivity index (χ1) is 7.83. The predicted molar refractivity (Wildman–Crippen MR) is 64.5 cm³/mol. The van der Waals surface area contributed by atoms with E-state index in [0.717, 1.165) is 45.1 Å². The largest absolute Gasteiger partial charge is 0.354 e. The predicted octanol–water partition coefficient (Wildman–Crippen LogP) is 0.437. The van der Waals surface area contributed by atoms with Gasteiger partial charge in [-0.05, 0) is 24.2 Å². The fourth-order valence-corrected chi connectivity index (χ4v) is 2.38. The molecule has 2 aliphatic rings. The number of hydrogen-bond acceptors (Lipinski definition) is 4. The van der Waals surface area contributed by atoms with Gasteiger partial charge in [-0.25, -0.2) is 4.98 Å². The van der Waals surface area contributed by atoms with Crippen molar-refractivity contribution >= 4 is 5.82 Å². The van der Waals surface area contributed by atoms with Crippen LogP contribution in [0.15, 0.2) is 12.3 Å². The molecule has 0 spiro atoms. The molecule has 3 rings (SSSR count). The van der Waals surface area contributed by atoms with E-state index < -0.39 is 0 Å². The summed E-state index contributed by atoms with van der Waals surface area (Å²) in [5.41, 5.74) is 2.78. The average molecular weight is 218 g/mol. The van der Waals surface area contributed by atoms with E-state index in [1.807, 2.05) is 6.20 Å². The zero-order valence-electron chi connectivity index (χ0n) is 9.74. The van der Waals surface area contributed by atoms with Crippen LogP contribution in [0.25, 0.3) is 0 Å². The van der Waals surface area contributed by atoms with Crippen LogP contribution < -0.4 is 10.2 Å². The summed E-state index contributed by atoms with van der Waals surface area (Å²) in [6.45, 7) is 6.43. The molecule has 0 unspecified atom stereocenters. The molecule has 1 aromatic rings. The maximum Gasteiger partial charge on any atom is 0.128 e. The second kappa shape index (κ2) is 4.03. The number of fused-ring (bicyclic) bond motifs is 1. The summed E-state index contributed by atoms with van der Waals surface area (Å²) >= 11 is 0. The van der Waals surface area contributed by atoms with E-state index >= 15 is 0 Å². The van der Waals surface area contributed by atoms with Gasteiger partial charge in [-0.1, -0.05) is 0 Å². The lowest BCUT2D eigenvalue weighted by molar-refractivity contribution is 0.312. The standard InChI is InChI=1S/C12H18N4/c1-15-2-4-16(5-3-15)12-6-10-7-13-8-11(10)9-14-12/h6,9,13H,2-5,7-8H2,1H3. The highest BCUT2D eigenvalue weighted by Crippen LogP contribution is 2.20. The number of nitrogens with zero attached hydrogens (tertiary/aromatic N) is 3. The number of nitrogens with one attached hydrogen (secondary N) is 1. The summed E-state index contributed by atoms with van der Waals surface area (Å²) < 4.78 is 0. The Morgan fingerprint density at radius 2 is 1.88 bits per heavy atom. The van der Waals surface area contributed by atoms with Gasteiger partial charge in [0.05, 0.1) is 0 Å². The molecule has 0 atom stereocenters. The van der Waals surface area contributed by atoms with Crippen molar-refractivity contribution in [2.24, 2.45) is 0 Å². The number of hydrogen-bond donors (Lipinski definition) is 1. The van der Waals surface area contributed by atoms with Crippen molar-refractivity contribution in [3.63, 3.8) is 0 Å². The van der Waals surface area contributed by atoms with Gasteiger partial charge in [0, 0.05) is 45.5 Å². The van der Waals surface area contributed by atoms with Crippen LogP contribution in [-0.2, 0) is 13.1 Å². The fraction of sp³-hybridized carbons (Fsp3) is 0.583. The first-order valence-electron chi connectivity index (χ1n) is 5.95. The summed E-state index contributed by atoms with van der Waals surface area (Å²) in [6.07, 6.45) is 2.03. The van der Waals surface area contributed by atoms with Crippen molar-refractivity contribution in [2.75, 3.05) is 38.1 Å². The topological polar surface area (TPSA) is 31.4 Å². The molecule has 86 valence electrons. The molecule has 0 radical (unpaired) electrons. The highest BCUT2D eigenvalue weighted by atomic mass is 15.3. The molecule has 0 saturated carbocycles. The Labute approximate surface area is 96.3 Å². The molecule has 16 heavy (non-hydrogen) atoms. The molecule has 4 nitrogen and oxygen atoms in total. The maximum absolute atomic E-state index is 4.57. The number of aromatic nitrogens is 1. The Kier molecular flexibility index (Phi) is 2.53. The second-order valence-corrected chi connectivity index (χ2v) is 4.71. The molecule has 1 N–H and O–H groups in total. The zero-order valence-corrected chi connectivity index (χ0v) is 9.74. The molecule has 0 aliphatic carbocycles. The molecule has 3 heterocycles. The van der Waals surface area contributed by atoms with E-state index in [1.54, 1.807) is 0 Å². The van der Waals surface area contributed by atoms with Crippen LogP contribution in [0, 0.1) is 0 Å². The molecule has 0 amide bonds. The molecule has 4 heteroatoms. The number of piperazine rings is 1. The van der Waals surface area contributed by atoms with E-state index in [9.17, 15) is 0 Å². The summed E-state index contributed by atoms with van der Waals surface area (Å²) in [5.74, 6) is 1.15. The SMILES string of the molecule is CN1CCN(c2cc3c(cn2)CNC3)CC1. The summed E-state index contributed by atoms with van der Waals surface area (Å²) in [6, 6.07) is 2.25. The lowest BCUT2D eigenvalue weighted by atomic mass is 10.2. The molecule has 1 aromatic heterocycles. The Morgan fingerprint density at radius 3 is 2.69 bits per heavy atom. The van der Waals surface area contributed by atoms with Gasteiger partial charge in [-0.15, -0.1) is 0 Å². The van der Waals surface area contributed by atoms with E-state index in [-0.39, 0.29) is 0 Å². The Hall–Kier alpha value is -1.13. The van der Waals surface area contributed by atoms with Gasteiger partial charge in [0.1, 0.15) is 5.82 Å². The Balaban J connectivity index is 1.79. The van der Waals surface area contributed by atoms with Gasteiger partial charge >= 0.3 is 0 Å². The van der Waals surface area contributed by atoms with Crippen molar-refractivity contribution in [2.45, 2.75) is 13.1 Å². The van der Waals surface area contributed by atoms with Crippen LogP contribution >= 0.6 is 0 Å². The highest BCUT2D eigenvalue weighted by molar-refractivity contribution is 5.45. The van der Waals surface area contributed by atoms with Crippen molar-refractivity contribution in [3.05, 3.63) is 23.4 Å². The minimum absolute atomic E-state index is 0.978. The first kappa shape index (κ1) is 10.1. The van der Waals surface area contributed by atoms with Gasteiger partial charge in [-0.3, -0.25) is 0 Å². The van der Waals surface area contributed by atoms with Crippen LogP contribution in [0.4, 0.5) is 5.82 Å². The second-order valence-electron chi connectivity index (χ2n) is 4.71. The number of anilines is 1. The normalized spacial score (nSPS) is 21.2. The zero-order chi connectivity index (χ0) is 11.0. The lowest BCUT2D eigenvalue weighted by Gasteiger charge is -2.33. The van der Waals surface area contributed by atoms with Crippen LogP contribution in [0.5, 0.6) is 0 Å². The van der Waals surface area contributed by atoms with Crippen molar-refractivity contribution < 1.29 is 0 Å². The van der Waals surface area contributed by atoms with Crippen molar-refractivity contribution in [1.29, 1.82) is 0 Å². The highest BCUT2D eigenvalue weighted by Gasteiger charge is 2.17. The number of rotatable bonds is 1. The molecule has 1 fully saturated rings. The molecule has 1 saturated heterocycles.